The molecular formula is C25H32N2O2S. The van der Waals surface area contributed by atoms with Crippen molar-refractivity contribution in [2.75, 3.05) is 29.9 Å². The molecule has 0 spiro atoms. The van der Waals surface area contributed by atoms with Gasteiger partial charge in [0.05, 0.1) is 5.75 Å². The molecule has 1 aliphatic rings. The number of nitrogens with one attached hydrogen (secondary N) is 1. The summed E-state index contributed by atoms with van der Waals surface area (Å²) in [6.07, 6.45) is 4.56. The number of aryl methyl sites for hydroxylation is 1. The zero-order valence-electron chi connectivity index (χ0n) is 17.8. The molecule has 2 aromatic carbocycles. The van der Waals surface area contributed by atoms with Gasteiger partial charge in [-0.2, -0.15) is 11.8 Å². The molecule has 1 N–H and O–H groups in total. The zero-order chi connectivity index (χ0) is 21.2. The third-order valence-corrected chi connectivity index (χ3v) is 6.58. The van der Waals surface area contributed by atoms with Crippen LogP contribution in [-0.2, 0) is 16.0 Å². The molecule has 0 unspecified atom stereocenters. The number of carbonyl (C=O) groups excluding carboxylic acids is 2. The second-order valence-corrected chi connectivity index (χ2v) is 9.19. The molecular weight excluding hydrogens is 392 g/mol. The maximum atomic E-state index is 12.5. The summed E-state index contributed by atoms with van der Waals surface area (Å²) in [5.74, 6) is 2.30. The average molecular weight is 425 g/mol. The van der Waals surface area contributed by atoms with Gasteiger partial charge in [-0.25, -0.2) is 0 Å². The van der Waals surface area contributed by atoms with Crippen LogP contribution in [0.2, 0.25) is 0 Å². The highest BCUT2D eigenvalue weighted by atomic mass is 32.2. The van der Waals surface area contributed by atoms with Crippen LogP contribution in [0.25, 0.3) is 0 Å². The molecule has 1 fully saturated rings. The summed E-state index contributed by atoms with van der Waals surface area (Å²) in [6.45, 7) is 3.75. The highest BCUT2D eigenvalue weighted by Gasteiger charge is 2.22. The molecule has 0 atom stereocenters. The van der Waals surface area contributed by atoms with Gasteiger partial charge in [0.2, 0.25) is 11.8 Å². The number of piperidine rings is 1. The molecule has 0 saturated carbocycles. The minimum Gasteiger partial charge on any atom is -0.342 e. The Bertz CT molecular complexity index is 817. The second-order valence-electron chi connectivity index (χ2n) is 8.09. The fourth-order valence-corrected chi connectivity index (χ4v) is 4.72. The van der Waals surface area contributed by atoms with Crippen molar-refractivity contribution in [2.24, 2.45) is 5.92 Å². The molecule has 2 amide bonds. The van der Waals surface area contributed by atoms with E-state index in [1.807, 2.05) is 36.1 Å². The van der Waals surface area contributed by atoms with E-state index in [9.17, 15) is 9.59 Å². The highest BCUT2D eigenvalue weighted by molar-refractivity contribution is 7.99. The summed E-state index contributed by atoms with van der Waals surface area (Å²) < 4.78 is 0. The van der Waals surface area contributed by atoms with E-state index in [0.29, 0.717) is 18.1 Å². The first kappa shape index (κ1) is 22.4. The lowest BCUT2D eigenvalue weighted by Gasteiger charge is -2.32. The number of likely N-dealkylation sites (tertiary alicyclic amines) is 1. The number of anilines is 1. The number of rotatable bonds is 9. The molecule has 1 heterocycles. The monoisotopic (exact) mass is 424 g/mol. The van der Waals surface area contributed by atoms with Gasteiger partial charge in [-0.05, 0) is 67.5 Å². The van der Waals surface area contributed by atoms with Crippen molar-refractivity contribution in [2.45, 2.75) is 39.0 Å². The molecule has 1 aliphatic heterocycles. The third-order valence-electron chi connectivity index (χ3n) is 5.55. The fourth-order valence-electron chi connectivity index (χ4n) is 3.87. The first-order valence-corrected chi connectivity index (χ1v) is 12.0. The van der Waals surface area contributed by atoms with Crippen LogP contribution in [0.15, 0.2) is 54.6 Å². The van der Waals surface area contributed by atoms with Crippen molar-refractivity contribution in [3.63, 3.8) is 0 Å². The number of benzene rings is 2. The smallest absolute Gasteiger partial charge is 0.232 e. The van der Waals surface area contributed by atoms with Crippen LogP contribution in [0.3, 0.4) is 0 Å². The van der Waals surface area contributed by atoms with E-state index in [2.05, 4.69) is 35.6 Å². The number of thioether (sulfide) groups is 1. The first-order valence-electron chi connectivity index (χ1n) is 10.9. The quantitative estimate of drug-likeness (QED) is 0.581. The van der Waals surface area contributed by atoms with Crippen molar-refractivity contribution >= 4 is 29.3 Å². The molecule has 2 aromatic rings. The Morgan fingerprint density at radius 1 is 1.07 bits per heavy atom. The van der Waals surface area contributed by atoms with E-state index in [1.54, 1.807) is 11.8 Å². The minimum atomic E-state index is 0.0352. The maximum absolute atomic E-state index is 12.5. The lowest BCUT2D eigenvalue weighted by Crippen LogP contribution is -2.39. The molecule has 1 saturated heterocycles. The van der Waals surface area contributed by atoms with Crippen molar-refractivity contribution in [3.8, 4) is 0 Å². The van der Waals surface area contributed by atoms with Crippen LogP contribution in [0, 0.1) is 12.8 Å². The first-order chi connectivity index (χ1) is 14.6. The third kappa shape index (κ3) is 7.52. The number of nitrogens with zero attached hydrogens (tertiary/aromatic N) is 1. The normalized spacial score (nSPS) is 14.5. The van der Waals surface area contributed by atoms with E-state index in [0.717, 1.165) is 55.8 Å². The molecule has 160 valence electrons. The highest BCUT2D eigenvalue weighted by Crippen LogP contribution is 2.22. The molecule has 0 aromatic heterocycles. The predicted octanol–water partition coefficient (Wildman–Crippen LogP) is 4.93. The summed E-state index contributed by atoms with van der Waals surface area (Å²) in [4.78, 5) is 26.5. The van der Waals surface area contributed by atoms with E-state index >= 15 is 0 Å². The molecule has 0 bridgehead atoms. The van der Waals surface area contributed by atoms with Crippen molar-refractivity contribution in [3.05, 3.63) is 65.7 Å². The number of carbonyl (C=O) groups is 2. The lowest BCUT2D eigenvalue weighted by molar-refractivity contribution is -0.129. The van der Waals surface area contributed by atoms with Gasteiger partial charge in [0, 0.05) is 25.2 Å². The van der Waals surface area contributed by atoms with Gasteiger partial charge in [-0.1, -0.05) is 42.5 Å². The van der Waals surface area contributed by atoms with Crippen LogP contribution in [0.5, 0.6) is 0 Å². The summed E-state index contributed by atoms with van der Waals surface area (Å²) >= 11 is 1.64. The Hall–Kier alpha value is -2.27. The molecule has 3 rings (SSSR count). The Labute approximate surface area is 184 Å². The Kier molecular flexibility index (Phi) is 8.81. The summed E-state index contributed by atoms with van der Waals surface area (Å²) in [7, 11) is 0. The number of hydrogen-bond acceptors (Lipinski definition) is 3. The fraction of sp³-hybridized carbons (Fsp3) is 0.440. The van der Waals surface area contributed by atoms with Crippen LogP contribution < -0.4 is 5.32 Å². The standard InChI is InChI=1S/C25H32N2O2S/c1-20-7-5-10-23(17-20)26-24(28)11-6-16-30-19-25(29)27-14-12-22(13-15-27)18-21-8-3-2-4-9-21/h2-5,7-10,17,22H,6,11-16,18-19H2,1H3,(H,26,28). The molecule has 0 radical (unpaired) electrons. The molecule has 30 heavy (non-hydrogen) atoms. The van der Waals surface area contributed by atoms with Crippen molar-refractivity contribution in [1.82, 2.24) is 4.90 Å². The summed E-state index contributed by atoms with van der Waals surface area (Å²) in [5.41, 5.74) is 3.37. The largest absolute Gasteiger partial charge is 0.342 e. The van der Waals surface area contributed by atoms with Crippen molar-refractivity contribution in [1.29, 1.82) is 0 Å². The van der Waals surface area contributed by atoms with Gasteiger partial charge in [-0.3, -0.25) is 9.59 Å². The molecule has 5 heteroatoms. The van der Waals surface area contributed by atoms with Gasteiger partial charge in [-0.15, -0.1) is 0 Å². The van der Waals surface area contributed by atoms with Crippen LogP contribution in [0.4, 0.5) is 5.69 Å². The molecule has 4 nitrogen and oxygen atoms in total. The van der Waals surface area contributed by atoms with Gasteiger partial charge < -0.3 is 10.2 Å². The van der Waals surface area contributed by atoms with Gasteiger partial charge in [0.15, 0.2) is 0 Å². The number of hydrogen-bond donors (Lipinski definition) is 1. The number of amides is 2. The SMILES string of the molecule is Cc1cccc(NC(=O)CCCSCC(=O)N2CCC(Cc3ccccc3)CC2)c1. The predicted molar refractivity (Wildman–Crippen MR) is 126 cm³/mol. The van der Waals surface area contributed by atoms with E-state index < -0.39 is 0 Å². The Morgan fingerprint density at radius 2 is 1.83 bits per heavy atom. The van der Waals surface area contributed by atoms with E-state index in [1.165, 1.54) is 5.56 Å². The van der Waals surface area contributed by atoms with E-state index in [-0.39, 0.29) is 11.8 Å². The second kappa shape index (κ2) is 11.8. The Morgan fingerprint density at radius 3 is 2.57 bits per heavy atom. The maximum Gasteiger partial charge on any atom is 0.232 e. The topological polar surface area (TPSA) is 49.4 Å². The van der Waals surface area contributed by atoms with E-state index in [4.69, 9.17) is 0 Å². The van der Waals surface area contributed by atoms with Gasteiger partial charge in [0.1, 0.15) is 0 Å². The van der Waals surface area contributed by atoms with Crippen LogP contribution >= 0.6 is 11.8 Å². The lowest BCUT2D eigenvalue weighted by atomic mass is 9.90. The van der Waals surface area contributed by atoms with Crippen LogP contribution in [-0.4, -0.2) is 41.3 Å². The van der Waals surface area contributed by atoms with Crippen LogP contribution in [0.1, 0.15) is 36.8 Å². The zero-order valence-corrected chi connectivity index (χ0v) is 18.6. The van der Waals surface area contributed by atoms with Gasteiger partial charge in [0.25, 0.3) is 0 Å². The van der Waals surface area contributed by atoms with Crippen molar-refractivity contribution < 1.29 is 9.59 Å². The average Bonchev–Trinajstić information content (AvgIpc) is 2.74. The van der Waals surface area contributed by atoms with Gasteiger partial charge >= 0.3 is 0 Å². The Balaban J connectivity index is 1.26. The summed E-state index contributed by atoms with van der Waals surface area (Å²) in [5, 5.41) is 2.93. The molecule has 0 aliphatic carbocycles. The minimum absolute atomic E-state index is 0.0352. The summed E-state index contributed by atoms with van der Waals surface area (Å²) in [6, 6.07) is 18.4.